The zero-order valence-electron chi connectivity index (χ0n) is 21.5. The highest BCUT2D eigenvalue weighted by atomic mass is 16.2. The van der Waals surface area contributed by atoms with Crippen LogP contribution in [0.5, 0.6) is 0 Å². The molecule has 0 aromatic heterocycles. The van der Waals surface area contributed by atoms with E-state index in [4.69, 9.17) is 0 Å². The lowest BCUT2D eigenvalue weighted by atomic mass is 10.0. The Balaban J connectivity index is 1.48. The van der Waals surface area contributed by atoms with Crippen molar-refractivity contribution in [3.05, 3.63) is 53.6 Å². The van der Waals surface area contributed by atoms with Crippen LogP contribution in [0.3, 0.4) is 0 Å². The van der Waals surface area contributed by atoms with Gasteiger partial charge in [0, 0.05) is 62.2 Å². The molecule has 4 rings (SSSR count). The number of benzene rings is 2. The van der Waals surface area contributed by atoms with Crippen LogP contribution in [0, 0.1) is 12.8 Å². The summed E-state index contributed by atoms with van der Waals surface area (Å²) >= 11 is 0. The summed E-state index contributed by atoms with van der Waals surface area (Å²) in [5.41, 5.74) is 3.98. The summed E-state index contributed by atoms with van der Waals surface area (Å²) in [6.07, 6.45) is 3.17. The lowest BCUT2D eigenvalue weighted by Crippen LogP contribution is -2.50. The van der Waals surface area contributed by atoms with E-state index in [0.717, 1.165) is 49.3 Å². The van der Waals surface area contributed by atoms with Gasteiger partial charge in [0.15, 0.2) is 0 Å². The first-order valence-corrected chi connectivity index (χ1v) is 12.9. The molecule has 2 fully saturated rings. The second kappa shape index (κ2) is 11.5. The van der Waals surface area contributed by atoms with Gasteiger partial charge in [0.2, 0.25) is 5.91 Å². The number of nitrogens with one attached hydrogen (secondary N) is 2. The molecule has 0 unspecified atom stereocenters. The lowest BCUT2D eigenvalue weighted by molar-refractivity contribution is -0.118. The average molecular weight is 492 g/mol. The first-order valence-electron chi connectivity index (χ1n) is 12.9. The molecule has 0 bridgehead atoms. The number of hydrogen-bond donors (Lipinski definition) is 2. The van der Waals surface area contributed by atoms with Crippen molar-refractivity contribution in [2.75, 3.05) is 54.8 Å². The zero-order valence-corrected chi connectivity index (χ0v) is 21.5. The normalized spacial score (nSPS) is 16.2. The molecule has 2 aromatic rings. The smallest absolute Gasteiger partial charge is 0.321 e. The summed E-state index contributed by atoms with van der Waals surface area (Å²) in [5.74, 6) is -0.220. The van der Waals surface area contributed by atoms with Crippen LogP contribution < -0.4 is 15.5 Å². The molecule has 2 saturated heterocycles. The number of aryl methyl sites for hydroxylation is 1. The Labute approximate surface area is 213 Å². The van der Waals surface area contributed by atoms with Gasteiger partial charge in [0.25, 0.3) is 5.91 Å². The molecule has 0 radical (unpaired) electrons. The van der Waals surface area contributed by atoms with Crippen LogP contribution in [-0.4, -0.2) is 66.9 Å². The molecular formula is C28H37N5O3. The van der Waals surface area contributed by atoms with Crippen molar-refractivity contribution < 1.29 is 14.4 Å². The standard InChI is InChI=1S/C28H37N5O3/c1-20(2)26(34)29-23-10-11-25(24(19-23)27(35)32-12-5-4-6-13-32)31-14-16-33(17-15-31)28(36)30-22-9-7-8-21(3)18-22/h7-11,18-20H,4-6,12-17H2,1-3H3,(H,29,34)(H,30,36). The summed E-state index contributed by atoms with van der Waals surface area (Å²) in [6, 6.07) is 13.2. The predicted octanol–water partition coefficient (Wildman–Crippen LogP) is 4.57. The predicted molar refractivity (Wildman–Crippen MR) is 144 cm³/mol. The Morgan fingerprint density at radius 3 is 2.14 bits per heavy atom. The van der Waals surface area contributed by atoms with Gasteiger partial charge in [-0.2, -0.15) is 0 Å². The first-order chi connectivity index (χ1) is 17.3. The van der Waals surface area contributed by atoms with Gasteiger partial charge in [-0.3, -0.25) is 9.59 Å². The molecule has 2 heterocycles. The number of amides is 4. The Morgan fingerprint density at radius 2 is 1.47 bits per heavy atom. The molecule has 8 nitrogen and oxygen atoms in total. The highest BCUT2D eigenvalue weighted by Crippen LogP contribution is 2.28. The van der Waals surface area contributed by atoms with Gasteiger partial charge in [-0.05, 0) is 62.1 Å². The fourth-order valence-electron chi connectivity index (χ4n) is 4.69. The maximum absolute atomic E-state index is 13.6. The van der Waals surface area contributed by atoms with Gasteiger partial charge in [-0.15, -0.1) is 0 Å². The number of nitrogens with zero attached hydrogens (tertiary/aromatic N) is 3. The van der Waals surface area contributed by atoms with Crippen LogP contribution in [0.25, 0.3) is 0 Å². The molecule has 2 N–H and O–H groups in total. The van der Waals surface area contributed by atoms with Gasteiger partial charge >= 0.3 is 6.03 Å². The number of hydrogen-bond acceptors (Lipinski definition) is 4. The van der Waals surface area contributed by atoms with E-state index >= 15 is 0 Å². The molecule has 0 spiro atoms. The SMILES string of the molecule is Cc1cccc(NC(=O)N2CCN(c3ccc(NC(=O)C(C)C)cc3C(=O)N3CCCCC3)CC2)c1. The molecule has 8 heteroatoms. The fraction of sp³-hybridized carbons (Fsp3) is 0.464. The summed E-state index contributed by atoms with van der Waals surface area (Å²) in [7, 11) is 0. The van der Waals surface area contributed by atoms with Crippen LogP contribution in [0.1, 0.15) is 49.0 Å². The van der Waals surface area contributed by atoms with E-state index in [9.17, 15) is 14.4 Å². The molecule has 2 aliphatic rings. The number of piperazine rings is 1. The number of urea groups is 1. The van der Waals surface area contributed by atoms with Crippen molar-refractivity contribution in [2.24, 2.45) is 5.92 Å². The first kappa shape index (κ1) is 25.5. The van der Waals surface area contributed by atoms with E-state index in [1.165, 1.54) is 0 Å². The second-order valence-corrected chi connectivity index (χ2v) is 10.0. The van der Waals surface area contributed by atoms with Crippen LogP contribution >= 0.6 is 0 Å². The molecule has 2 aliphatic heterocycles. The minimum Gasteiger partial charge on any atom is -0.367 e. The van der Waals surface area contributed by atoms with Gasteiger partial charge in [0.1, 0.15) is 0 Å². The molecule has 4 amide bonds. The fourth-order valence-corrected chi connectivity index (χ4v) is 4.69. The van der Waals surface area contributed by atoms with Crippen molar-refractivity contribution in [1.29, 1.82) is 0 Å². The molecule has 192 valence electrons. The maximum atomic E-state index is 13.6. The Kier molecular flexibility index (Phi) is 8.13. The second-order valence-electron chi connectivity index (χ2n) is 10.0. The summed E-state index contributed by atoms with van der Waals surface area (Å²) < 4.78 is 0. The number of piperidine rings is 1. The monoisotopic (exact) mass is 491 g/mol. The van der Waals surface area contributed by atoms with Crippen molar-refractivity contribution >= 4 is 34.9 Å². The molecule has 0 aliphatic carbocycles. The van der Waals surface area contributed by atoms with Crippen LogP contribution in [0.2, 0.25) is 0 Å². The number of likely N-dealkylation sites (tertiary alicyclic amines) is 1. The molecule has 0 atom stereocenters. The lowest BCUT2D eigenvalue weighted by Gasteiger charge is -2.37. The van der Waals surface area contributed by atoms with Crippen molar-refractivity contribution in [3.8, 4) is 0 Å². The number of anilines is 3. The number of carbonyl (C=O) groups is 3. The highest BCUT2D eigenvalue weighted by Gasteiger charge is 2.27. The van der Waals surface area contributed by atoms with Gasteiger partial charge in [0.05, 0.1) is 5.56 Å². The van der Waals surface area contributed by atoms with E-state index in [0.29, 0.717) is 37.4 Å². The average Bonchev–Trinajstić information content (AvgIpc) is 2.89. The van der Waals surface area contributed by atoms with Crippen molar-refractivity contribution in [3.63, 3.8) is 0 Å². The van der Waals surface area contributed by atoms with Gasteiger partial charge in [-0.1, -0.05) is 26.0 Å². The third-order valence-corrected chi connectivity index (χ3v) is 6.84. The molecule has 36 heavy (non-hydrogen) atoms. The highest BCUT2D eigenvalue weighted by molar-refractivity contribution is 6.02. The molecule has 2 aromatic carbocycles. The third-order valence-electron chi connectivity index (χ3n) is 6.84. The van der Waals surface area contributed by atoms with Gasteiger partial charge in [-0.25, -0.2) is 4.79 Å². The third kappa shape index (κ3) is 6.17. The Hall–Kier alpha value is -3.55. The van der Waals surface area contributed by atoms with E-state index < -0.39 is 0 Å². The summed E-state index contributed by atoms with van der Waals surface area (Å²) in [5, 5.41) is 5.91. The Bertz CT molecular complexity index is 1100. The van der Waals surface area contributed by atoms with E-state index in [1.807, 2.05) is 73.0 Å². The summed E-state index contributed by atoms with van der Waals surface area (Å²) in [4.78, 5) is 44.5. The minimum atomic E-state index is -0.148. The quantitative estimate of drug-likeness (QED) is 0.642. The molecule has 0 saturated carbocycles. The zero-order chi connectivity index (χ0) is 25.7. The van der Waals surface area contributed by atoms with Crippen LogP contribution in [-0.2, 0) is 4.79 Å². The molecular weight excluding hydrogens is 454 g/mol. The number of carbonyl (C=O) groups excluding carboxylic acids is 3. The van der Waals surface area contributed by atoms with E-state index in [-0.39, 0.29) is 23.8 Å². The van der Waals surface area contributed by atoms with Crippen molar-refractivity contribution in [2.45, 2.75) is 40.0 Å². The van der Waals surface area contributed by atoms with Crippen LogP contribution in [0.15, 0.2) is 42.5 Å². The van der Waals surface area contributed by atoms with Gasteiger partial charge < -0.3 is 25.3 Å². The van der Waals surface area contributed by atoms with E-state index in [2.05, 4.69) is 15.5 Å². The number of rotatable bonds is 5. The minimum absolute atomic E-state index is 0.00460. The topological polar surface area (TPSA) is 85.0 Å². The van der Waals surface area contributed by atoms with Crippen molar-refractivity contribution in [1.82, 2.24) is 9.80 Å². The largest absolute Gasteiger partial charge is 0.367 e. The van der Waals surface area contributed by atoms with E-state index in [1.54, 1.807) is 0 Å². The Morgan fingerprint density at radius 1 is 0.778 bits per heavy atom. The van der Waals surface area contributed by atoms with Crippen LogP contribution in [0.4, 0.5) is 21.9 Å². The maximum Gasteiger partial charge on any atom is 0.321 e. The summed E-state index contributed by atoms with van der Waals surface area (Å²) in [6.45, 7) is 9.56.